The first kappa shape index (κ1) is 18.0. The molecule has 142 valence electrons. The molecular formula is C22H23N5O. The molecule has 6 heteroatoms. The SMILES string of the molecule is Cc1cccc(C(=O)Nc2cc(N3CCN(c4ccccc4)CC3)ncn2)c1. The van der Waals surface area contributed by atoms with Gasteiger partial charge in [-0.15, -0.1) is 0 Å². The van der Waals surface area contributed by atoms with Crippen LogP contribution in [-0.2, 0) is 0 Å². The minimum atomic E-state index is -0.165. The van der Waals surface area contributed by atoms with Crippen molar-refractivity contribution < 1.29 is 4.79 Å². The third-order valence-corrected chi connectivity index (χ3v) is 4.90. The topological polar surface area (TPSA) is 61.4 Å². The number of para-hydroxylation sites is 1. The fourth-order valence-electron chi connectivity index (χ4n) is 3.40. The molecule has 6 nitrogen and oxygen atoms in total. The Labute approximate surface area is 164 Å². The van der Waals surface area contributed by atoms with Gasteiger partial charge in [0.15, 0.2) is 0 Å². The number of nitrogens with one attached hydrogen (secondary N) is 1. The van der Waals surface area contributed by atoms with Crippen LogP contribution in [0.3, 0.4) is 0 Å². The van der Waals surface area contributed by atoms with Gasteiger partial charge in [0, 0.05) is 43.5 Å². The lowest BCUT2D eigenvalue weighted by atomic mass is 10.1. The van der Waals surface area contributed by atoms with Crippen LogP contribution >= 0.6 is 0 Å². The molecule has 1 aromatic heterocycles. The summed E-state index contributed by atoms with van der Waals surface area (Å²) in [7, 11) is 0. The standard InChI is InChI=1S/C22H23N5O/c1-17-6-5-7-18(14-17)22(28)25-20-15-21(24-16-23-20)27-12-10-26(11-13-27)19-8-3-2-4-9-19/h2-9,14-16H,10-13H2,1H3,(H,23,24,25,28). The highest BCUT2D eigenvalue weighted by atomic mass is 16.1. The number of anilines is 3. The van der Waals surface area contributed by atoms with Gasteiger partial charge in [0.25, 0.3) is 5.91 Å². The molecule has 2 heterocycles. The van der Waals surface area contributed by atoms with Crippen molar-refractivity contribution in [1.82, 2.24) is 9.97 Å². The van der Waals surface area contributed by atoms with Crippen LogP contribution in [0.1, 0.15) is 15.9 Å². The summed E-state index contributed by atoms with van der Waals surface area (Å²) in [5.74, 6) is 1.19. The van der Waals surface area contributed by atoms with Crippen molar-refractivity contribution in [3.63, 3.8) is 0 Å². The van der Waals surface area contributed by atoms with Crippen LogP contribution in [-0.4, -0.2) is 42.1 Å². The predicted octanol–water partition coefficient (Wildman–Crippen LogP) is 3.36. The van der Waals surface area contributed by atoms with Crippen molar-refractivity contribution in [2.45, 2.75) is 6.92 Å². The van der Waals surface area contributed by atoms with E-state index < -0.39 is 0 Å². The minimum Gasteiger partial charge on any atom is -0.368 e. The molecule has 1 fully saturated rings. The molecule has 1 saturated heterocycles. The molecule has 28 heavy (non-hydrogen) atoms. The fourth-order valence-corrected chi connectivity index (χ4v) is 3.40. The Morgan fingerprint density at radius 3 is 2.39 bits per heavy atom. The normalized spacial score (nSPS) is 14.0. The van der Waals surface area contributed by atoms with Crippen LogP contribution in [0, 0.1) is 6.92 Å². The highest BCUT2D eigenvalue weighted by Gasteiger charge is 2.19. The first-order chi connectivity index (χ1) is 13.7. The molecule has 0 spiro atoms. The van der Waals surface area contributed by atoms with E-state index in [1.54, 1.807) is 6.07 Å². The molecule has 3 aromatic rings. The van der Waals surface area contributed by atoms with Gasteiger partial charge in [-0.3, -0.25) is 4.79 Å². The highest BCUT2D eigenvalue weighted by Crippen LogP contribution is 2.20. The summed E-state index contributed by atoms with van der Waals surface area (Å²) < 4.78 is 0. The maximum Gasteiger partial charge on any atom is 0.256 e. The molecule has 0 unspecified atom stereocenters. The van der Waals surface area contributed by atoms with Gasteiger partial charge in [0.1, 0.15) is 18.0 Å². The Kier molecular flexibility index (Phi) is 5.19. The molecule has 2 aromatic carbocycles. The lowest BCUT2D eigenvalue weighted by Crippen LogP contribution is -2.46. The van der Waals surface area contributed by atoms with E-state index >= 15 is 0 Å². The number of aryl methyl sites for hydroxylation is 1. The van der Waals surface area contributed by atoms with Crippen LogP contribution in [0.25, 0.3) is 0 Å². The van der Waals surface area contributed by atoms with Gasteiger partial charge in [-0.1, -0.05) is 35.9 Å². The molecule has 0 saturated carbocycles. The number of amides is 1. The van der Waals surface area contributed by atoms with Crippen LogP contribution in [0.15, 0.2) is 67.0 Å². The Bertz CT molecular complexity index is 952. The summed E-state index contributed by atoms with van der Waals surface area (Å²) in [6.45, 7) is 5.57. The van der Waals surface area contributed by atoms with E-state index in [4.69, 9.17) is 0 Å². The molecule has 1 aliphatic rings. The van der Waals surface area contributed by atoms with Crippen molar-refractivity contribution in [2.75, 3.05) is 41.3 Å². The van der Waals surface area contributed by atoms with E-state index in [1.165, 1.54) is 12.0 Å². The number of benzene rings is 2. The van der Waals surface area contributed by atoms with Gasteiger partial charge >= 0.3 is 0 Å². The molecule has 1 amide bonds. The maximum absolute atomic E-state index is 12.5. The van der Waals surface area contributed by atoms with Crippen molar-refractivity contribution in [2.24, 2.45) is 0 Å². The van der Waals surface area contributed by atoms with E-state index in [1.807, 2.05) is 37.3 Å². The van der Waals surface area contributed by atoms with Crippen LogP contribution in [0.4, 0.5) is 17.3 Å². The fraction of sp³-hybridized carbons (Fsp3) is 0.227. The summed E-state index contributed by atoms with van der Waals surface area (Å²) in [4.78, 5) is 25.7. The van der Waals surface area contributed by atoms with Gasteiger partial charge in [-0.05, 0) is 31.2 Å². The number of rotatable bonds is 4. The second-order valence-corrected chi connectivity index (χ2v) is 6.89. The molecule has 0 radical (unpaired) electrons. The second kappa shape index (κ2) is 8.08. The number of carbonyl (C=O) groups is 1. The van der Waals surface area contributed by atoms with Crippen molar-refractivity contribution >= 4 is 23.2 Å². The number of hydrogen-bond acceptors (Lipinski definition) is 5. The zero-order valence-electron chi connectivity index (χ0n) is 15.9. The lowest BCUT2D eigenvalue weighted by molar-refractivity contribution is 0.102. The Hall–Kier alpha value is -3.41. The molecular weight excluding hydrogens is 350 g/mol. The van der Waals surface area contributed by atoms with Crippen molar-refractivity contribution in [1.29, 1.82) is 0 Å². The van der Waals surface area contributed by atoms with Gasteiger partial charge in [-0.2, -0.15) is 0 Å². The van der Waals surface area contributed by atoms with Gasteiger partial charge < -0.3 is 15.1 Å². The first-order valence-electron chi connectivity index (χ1n) is 9.44. The third kappa shape index (κ3) is 4.11. The summed E-state index contributed by atoms with van der Waals surface area (Å²) in [6, 6.07) is 19.8. The predicted molar refractivity (Wildman–Crippen MR) is 112 cm³/mol. The Morgan fingerprint density at radius 1 is 0.893 bits per heavy atom. The minimum absolute atomic E-state index is 0.165. The van der Waals surface area contributed by atoms with Crippen molar-refractivity contribution in [3.05, 3.63) is 78.1 Å². The van der Waals surface area contributed by atoms with E-state index in [0.717, 1.165) is 37.6 Å². The Morgan fingerprint density at radius 2 is 1.64 bits per heavy atom. The van der Waals surface area contributed by atoms with E-state index in [2.05, 4.69) is 49.4 Å². The number of hydrogen-bond donors (Lipinski definition) is 1. The third-order valence-electron chi connectivity index (χ3n) is 4.90. The second-order valence-electron chi connectivity index (χ2n) is 6.89. The lowest BCUT2D eigenvalue weighted by Gasteiger charge is -2.36. The Balaban J connectivity index is 1.41. The van der Waals surface area contributed by atoms with E-state index in [0.29, 0.717) is 11.4 Å². The highest BCUT2D eigenvalue weighted by molar-refractivity contribution is 6.03. The summed E-state index contributed by atoms with van der Waals surface area (Å²) in [6.07, 6.45) is 1.50. The number of nitrogens with zero attached hydrogens (tertiary/aromatic N) is 4. The summed E-state index contributed by atoms with van der Waals surface area (Å²) in [5.41, 5.74) is 2.92. The molecule has 1 aliphatic heterocycles. The maximum atomic E-state index is 12.5. The van der Waals surface area contributed by atoms with Crippen LogP contribution < -0.4 is 15.1 Å². The molecule has 4 rings (SSSR count). The summed E-state index contributed by atoms with van der Waals surface area (Å²) >= 11 is 0. The molecule has 0 bridgehead atoms. The first-order valence-corrected chi connectivity index (χ1v) is 9.44. The number of carbonyl (C=O) groups excluding carboxylic acids is 1. The smallest absolute Gasteiger partial charge is 0.256 e. The molecule has 0 atom stereocenters. The largest absolute Gasteiger partial charge is 0.368 e. The zero-order chi connectivity index (χ0) is 19.3. The number of aromatic nitrogens is 2. The summed E-state index contributed by atoms with van der Waals surface area (Å²) in [5, 5.41) is 2.87. The average molecular weight is 373 g/mol. The van der Waals surface area contributed by atoms with Crippen LogP contribution in [0.5, 0.6) is 0 Å². The zero-order valence-corrected chi connectivity index (χ0v) is 15.9. The number of piperazine rings is 1. The molecule has 0 aliphatic carbocycles. The quantitative estimate of drug-likeness (QED) is 0.760. The van der Waals surface area contributed by atoms with Crippen LogP contribution in [0.2, 0.25) is 0 Å². The van der Waals surface area contributed by atoms with Crippen molar-refractivity contribution in [3.8, 4) is 0 Å². The van der Waals surface area contributed by atoms with E-state index in [9.17, 15) is 4.79 Å². The monoisotopic (exact) mass is 373 g/mol. The molecule has 1 N–H and O–H groups in total. The van der Waals surface area contributed by atoms with E-state index in [-0.39, 0.29) is 5.91 Å². The van der Waals surface area contributed by atoms with Gasteiger partial charge in [-0.25, -0.2) is 9.97 Å². The van der Waals surface area contributed by atoms with Gasteiger partial charge in [0.2, 0.25) is 0 Å². The average Bonchev–Trinajstić information content (AvgIpc) is 2.75. The van der Waals surface area contributed by atoms with Gasteiger partial charge in [0.05, 0.1) is 0 Å².